The predicted molar refractivity (Wildman–Crippen MR) is 182 cm³/mol. The van der Waals surface area contributed by atoms with Crippen LogP contribution in [-0.2, 0) is 0 Å². The Morgan fingerprint density at radius 2 is 1.43 bits per heavy atom. The molecule has 4 heterocycles. The molecule has 228 valence electrons. The van der Waals surface area contributed by atoms with Gasteiger partial charge in [0.2, 0.25) is 12.7 Å². The number of aliphatic imine (C=N–C) groups is 1. The lowest BCUT2D eigenvalue weighted by Gasteiger charge is -2.64. The summed E-state index contributed by atoms with van der Waals surface area (Å²) in [5, 5.41) is 0. The van der Waals surface area contributed by atoms with Gasteiger partial charge in [0.15, 0.2) is 0 Å². The molecule has 1 saturated heterocycles. The van der Waals surface area contributed by atoms with Crippen LogP contribution in [0, 0.1) is 31.6 Å². The van der Waals surface area contributed by atoms with Crippen molar-refractivity contribution in [2.45, 2.75) is 133 Å². The molecule has 0 bridgehead atoms. The summed E-state index contributed by atoms with van der Waals surface area (Å²) in [6, 6.07) is 21.7. The molecule has 9 unspecified atom stereocenters. The highest BCUT2D eigenvalue weighted by atomic mass is 15.5. The third-order valence-corrected chi connectivity index (χ3v) is 14.0. The van der Waals surface area contributed by atoms with Crippen molar-refractivity contribution >= 4 is 23.8 Å². The maximum absolute atomic E-state index is 5.84. The number of nitrogens with zero attached hydrogens (tertiary/aromatic N) is 4. The average Bonchev–Trinajstić information content (AvgIpc) is 3.61. The van der Waals surface area contributed by atoms with Crippen LogP contribution in [0.1, 0.15) is 94.6 Å². The molecule has 0 N–H and O–H groups in total. The van der Waals surface area contributed by atoms with Gasteiger partial charge in [-0.15, -0.1) is 0 Å². The lowest BCUT2D eigenvalue weighted by Crippen LogP contribution is -2.72. The Hall–Kier alpha value is -2.69. The Labute approximate surface area is 265 Å². The molecule has 9 atom stereocenters. The molecule has 44 heavy (non-hydrogen) atoms. The molecule has 5 heteroatoms. The number of fused-ring (bicyclic) bond motifs is 8. The van der Waals surface area contributed by atoms with Gasteiger partial charge in [0.1, 0.15) is 0 Å². The van der Waals surface area contributed by atoms with Crippen LogP contribution in [-0.4, -0.2) is 52.7 Å². The molecular weight excluding hydrogens is 535 g/mol. The highest BCUT2D eigenvalue weighted by Gasteiger charge is 2.65. The lowest BCUT2D eigenvalue weighted by atomic mass is 9.28. The first-order valence-electron chi connectivity index (χ1n) is 18.5. The Morgan fingerprint density at radius 3 is 2.27 bits per heavy atom. The molecule has 0 amide bonds. The van der Waals surface area contributed by atoms with Crippen LogP contribution >= 0.6 is 0 Å². The maximum atomic E-state index is 5.84. The van der Waals surface area contributed by atoms with Crippen LogP contribution in [0.25, 0.3) is 0 Å². The lowest BCUT2D eigenvalue weighted by molar-refractivity contribution is -0.0269. The minimum absolute atomic E-state index is 0.470. The molecule has 4 saturated carbocycles. The van der Waals surface area contributed by atoms with Crippen LogP contribution < -0.4 is 10.4 Å². The highest BCUT2D eigenvalue weighted by molar-refractivity contribution is 6.83. The second-order valence-corrected chi connectivity index (χ2v) is 15.9. The molecule has 4 nitrogen and oxygen atoms in total. The van der Waals surface area contributed by atoms with E-state index >= 15 is 0 Å². The summed E-state index contributed by atoms with van der Waals surface area (Å²) in [4.78, 5) is 14.8. The molecule has 0 aromatic heterocycles. The number of anilines is 1. The third kappa shape index (κ3) is 3.51. The molecule has 10 rings (SSSR count). The standard InChI is InChI=1S/C39H49BN4/c1-24-12-10-13-25(2)35(24)40-29-23-22-26-14-11-21-33-34(26)37(29)44(39-41-30-18-7-9-20-32(30)43(33)39)36-28-17-6-8-19-31(28)42(38(36)40)27-15-4-3-5-16-27/h3-5,10,12-13,15-16,26,28-34,37H,6-9,11,14,17-23H2,1-2H3. The second kappa shape index (κ2) is 9.91. The van der Waals surface area contributed by atoms with E-state index in [0.29, 0.717) is 48.7 Å². The fraction of sp³-hybridized carbons (Fsp3) is 0.615. The van der Waals surface area contributed by atoms with E-state index in [1.54, 1.807) is 16.8 Å². The largest absolute Gasteiger partial charge is 0.348 e. The zero-order chi connectivity index (χ0) is 29.1. The second-order valence-electron chi connectivity index (χ2n) is 15.9. The van der Waals surface area contributed by atoms with Gasteiger partial charge in [0.05, 0.1) is 12.1 Å². The molecule has 0 radical (unpaired) electrons. The first kappa shape index (κ1) is 26.5. The SMILES string of the molecule is Cc1cccc(C)c1B1C2=C(C3CCCCC3N2c2ccccc2)N2C3=NC4CCCCC4N3C3CCCC4CCC1C2C43. The fourth-order valence-corrected chi connectivity index (χ4v) is 12.6. The maximum Gasteiger partial charge on any atom is 0.238 e. The molecule has 8 aliphatic rings. The van der Waals surface area contributed by atoms with Gasteiger partial charge in [-0.25, -0.2) is 4.99 Å². The molecule has 2 aromatic rings. The average molecular weight is 585 g/mol. The fourth-order valence-electron chi connectivity index (χ4n) is 12.6. The number of hydrogen-bond acceptors (Lipinski definition) is 4. The molecule has 4 aliphatic carbocycles. The van der Waals surface area contributed by atoms with E-state index in [-0.39, 0.29) is 0 Å². The molecule has 2 aromatic carbocycles. The van der Waals surface area contributed by atoms with Crippen LogP contribution in [0.4, 0.5) is 5.69 Å². The van der Waals surface area contributed by atoms with Gasteiger partial charge in [-0.05, 0) is 76.2 Å². The molecule has 5 fully saturated rings. The van der Waals surface area contributed by atoms with Crippen LogP contribution in [0.2, 0.25) is 5.82 Å². The van der Waals surface area contributed by atoms with E-state index in [9.17, 15) is 0 Å². The van der Waals surface area contributed by atoms with Crippen molar-refractivity contribution in [3.05, 3.63) is 71.0 Å². The summed E-state index contributed by atoms with van der Waals surface area (Å²) in [5.41, 5.74) is 9.48. The van der Waals surface area contributed by atoms with E-state index in [1.807, 2.05) is 0 Å². The zero-order valence-corrected chi connectivity index (χ0v) is 26.9. The van der Waals surface area contributed by atoms with E-state index in [4.69, 9.17) is 4.99 Å². The van der Waals surface area contributed by atoms with Crippen molar-refractivity contribution in [3.63, 3.8) is 0 Å². The van der Waals surface area contributed by atoms with Gasteiger partial charge in [-0.3, -0.25) is 0 Å². The van der Waals surface area contributed by atoms with Crippen molar-refractivity contribution < 1.29 is 0 Å². The van der Waals surface area contributed by atoms with Crippen molar-refractivity contribution in [1.29, 1.82) is 0 Å². The van der Waals surface area contributed by atoms with Gasteiger partial charge in [-0.1, -0.05) is 97.9 Å². The topological polar surface area (TPSA) is 22.1 Å². The highest BCUT2D eigenvalue weighted by Crippen LogP contribution is 2.61. The van der Waals surface area contributed by atoms with Crippen molar-refractivity contribution in [2.24, 2.45) is 22.7 Å². The monoisotopic (exact) mass is 584 g/mol. The molecule has 0 spiro atoms. The summed E-state index contributed by atoms with van der Waals surface area (Å²) in [5.74, 6) is 4.37. The van der Waals surface area contributed by atoms with Gasteiger partial charge >= 0.3 is 0 Å². The number of hydrogen-bond donors (Lipinski definition) is 0. The third-order valence-electron chi connectivity index (χ3n) is 14.0. The van der Waals surface area contributed by atoms with E-state index in [2.05, 4.69) is 77.1 Å². The molecule has 4 aliphatic heterocycles. The van der Waals surface area contributed by atoms with Gasteiger partial charge < -0.3 is 14.7 Å². The van der Waals surface area contributed by atoms with Crippen LogP contribution in [0.5, 0.6) is 0 Å². The van der Waals surface area contributed by atoms with Crippen LogP contribution in [0.3, 0.4) is 0 Å². The van der Waals surface area contributed by atoms with Crippen LogP contribution in [0.15, 0.2) is 64.8 Å². The Bertz CT molecular complexity index is 1510. The normalized spacial score (nSPS) is 38.5. The Balaban J connectivity index is 1.26. The summed E-state index contributed by atoms with van der Waals surface area (Å²) in [6.07, 6.45) is 17.8. The molecular formula is C39H49BN4. The quantitative estimate of drug-likeness (QED) is 0.342. The van der Waals surface area contributed by atoms with Crippen molar-refractivity contribution in [3.8, 4) is 0 Å². The number of guanidine groups is 1. The first-order valence-corrected chi connectivity index (χ1v) is 18.5. The minimum Gasteiger partial charge on any atom is -0.348 e. The van der Waals surface area contributed by atoms with Gasteiger partial charge in [0, 0.05) is 46.9 Å². The van der Waals surface area contributed by atoms with E-state index in [1.165, 1.54) is 106 Å². The summed E-state index contributed by atoms with van der Waals surface area (Å²) in [6.45, 7) is 5.29. The van der Waals surface area contributed by atoms with Gasteiger partial charge in [0.25, 0.3) is 0 Å². The van der Waals surface area contributed by atoms with Gasteiger partial charge in [-0.2, -0.15) is 0 Å². The smallest absolute Gasteiger partial charge is 0.238 e. The zero-order valence-electron chi connectivity index (χ0n) is 26.9. The summed E-state index contributed by atoms with van der Waals surface area (Å²) >= 11 is 0. The Morgan fingerprint density at radius 1 is 0.682 bits per heavy atom. The summed E-state index contributed by atoms with van der Waals surface area (Å²) < 4.78 is 0. The number of rotatable bonds is 2. The number of para-hydroxylation sites is 1. The number of aryl methyl sites for hydroxylation is 2. The first-order chi connectivity index (χ1) is 21.7. The minimum atomic E-state index is 0.470. The van der Waals surface area contributed by atoms with Crippen molar-refractivity contribution in [1.82, 2.24) is 9.80 Å². The predicted octanol–water partition coefficient (Wildman–Crippen LogP) is 7.46. The van der Waals surface area contributed by atoms with Crippen molar-refractivity contribution in [2.75, 3.05) is 4.90 Å². The Kier molecular flexibility index (Phi) is 5.97. The van der Waals surface area contributed by atoms with E-state index < -0.39 is 0 Å². The summed E-state index contributed by atoms with van der Waals surface area (Å²) in [7, 11) is 0. The number of benzene rings is 2. The van der Waals surface area contributed by atoms with E-state index in [0.717, 1.165) is 11.8 Å².